The Hall–Kier alpha value is 0.670. The molecule has 0 amide bonds. The lowest BCUT2D eigenvalue weighted by molar-refractivity contribution is 1.15. The Balaban J connectivity index is -0.000000101. The molecule has 0 saturated heterocycles. The van der Waals surface area contributed by atoms with E-state index in [0.29, 0.717) is 5.88 Å². The van der Waals surface area contributed by atoms with Gasteiger partial charge in [0.25, 0.3) is 0 Å². The minimum atomic E-state index is 0. The standard InChI is InChI=1S/C8H9Cl.4ClH/c9-7-6-8-4-2-1-3-5-8;;;;/h1-5H,6-7H2;4*1H. The van der Waals surface area contributed by atoms with Gasteiger partial charge in [0, 0.05) is 5.88 Å². The van der Waals surface area contributed by atoms with Crippen LogP contribution in [0.2, 0.25) is 0 Å². The van der Waals surface area contributed by atoms with Crippen LogP contribution < -0.4 is 0 Å². The molecule has 0 atom stereocenters. The summed E-state index contributed by atoms with van der Waals surface area (Å²) < 4.78 is 0. The normalized spacial score (nSPS) is 6.54. The number of aryl methyl sites for hydroxylation is 1. The van der Waals surface area contributed by atoms with Gasteiger partial charge in [0.2, 0.25) is 0 Å². The van der Waals surface area contributed by atoms with E-state index < -0.39 is 0 Å². The monoisotopic (exact) mass is 284 g/mol. The summed E-state index contributed by atoms with van der Waals surface area (Å²) in [5, 5.41) is 0. The van der Waals surface area contributed by atoms with Crippen molar-refractivity contribution >= 4 is 61.2 Å². The van der Waals surface area contributed by atoms with Crippen LogP contribution in [0.25, 0.3) is 0 Å². The van der Waals surface area contributed by atoms with Crippen LogP contribution in [0.1, 0.15) is 5.56 Å². The molecule has 1 rings (SSSR count). The summed E-state index contributed by atoms with van der Waals surface area (Å²) >= 11 is 5.54. The van der Waals surface area contributed by atoms with Crippen LogP contribution in [0.3, 0.4) is 0 Å². The lowest BCUT2D eigenvalue weighted by atomic mass is 10.2. The van der Waals surface area contributed by atoms with Crippen molar-refractivity contribution in [2.75, 3.05) is 5.88 Å². The first-order valence-corrected chi connectivity index (χ1v) is 3.57. The molecule has 13 heavy (non-hydrogen) atoms. The Morgan fingerprint density at radius 3 is 1.69 bits per heavy atom. The molecule has 0 radical (unpaired) electrons. The molecule has 0 saturated carbocycles. The first kappa shape index (κ1) is 23.5. The number of benzene rings is 1. The van der Waals surface area contributed by atoms with Crippen molar-refractivity contribution in [1.29, 1.82) is 0 Å². The topological polar surface area (TPSA) is 0 Å². The van der Waals surface area contributed by atoms with Crippen molar-refractivity contribution in [2.24, 2.45) is 0 Å². The van der Waals surface area contributed by atoms with Gasteiger partial charge in [0.05, 0.1) is 0 Å². The lowest BCUT2D eigenvalue weighted by Crippen LogP contribution is -1.82. The highest BCUT2D eigenvalue weighted by atomic mass is 35.5. The van der Waals surface area contributed by atoms with Crippen LogP contribution in [-0.2, 0) is 6.42 Å². The molecule has 0 aliphatic heterocycles. The Bertz CT molecular complexity index is 165. The summed E-state index contributed by atoms with van der Waals surface area (Å²) in [7, 11) is 0. The van der Waals surface area contributed by atoms with Gasteiger partial charge in [-0.15, -0.1) is 61.2 Å². The van der Waals surface area contributed by atoms with E-state index in [1.165, 1.54) is 5.56 Å². The third-order valence-corrected chi connectivity index (χ3v) is 1.41. The number of halogens is 5. The lowest BCUT2D eigenvalue weighted by Gasteiger charge is -1.92. The molecular weight excluding hydrogens is 273 g/mol. The van der Waals surface area contributed by atoms with Gasteiger partial charge in [-0.25, -0.2) is 0 Å². The molecule has 0 unspecified atom stereocenters. The van der Waals surface area contributed by atoms with Crippen molar-refractivity contribution in [2.45, 2.75) is 6.42 Å². The first-order chi connectivity index (χ1) is 4.43. The summed E-state index contributed by atoms with van der Waals surface area (Å²) in [6.07, 6.45) is 0.975. The fourth-order valence-corrected chi connectivity index (χ4v) is 0.972. The summed E-state index contributed by atoms with van der Waals surface area (Å²) in [6, 6.07) is 10.2. The van der Waals surface area contributed by atoms with Crippen LogP contribution in [0, 0.1) is 0 Å². The highest BCUT2D eigenvalue weighted by Crippen LogP contribution is 1.99. The largest absolute Gasteiger partial charge is 0.147 e. The van der Waals surface area contributed by atoms with E-state index in [4.69, 9.17) is 11.6 Å². The van der Waals surface area contributed by atoms with Gasteiger partial charge in [-0.1, -0.05) is 30.3 Å². The third kappa shape index (κ3) is 10.6. The average Bonchev–Trinajstić information content (AvgIpc) is 1.91. The molecule has 5 heteroatoms. The molecular formula is C8H13Cl5. The fourth-order valence-electron chi connectivity index (χ4n) is 0.754. The second-order valence-corrected chi connectivity index (χ2v) is 2.30. The fraction of sp³-hybridized carbons (Fsp3) is 0.250. The van der Waals surface area contributed by atoms with E-state index in [1.807, 2.05) is 18.2 Å². The van der Waals surface area contributed by atoms with Crippen molar-refractivity contribution < 1.29 is 0 Å². The third-order valence-electron chi connectivity index (χ3n) is 1.23. The van der Waals surface area contributed by atoms with E-state index in [1.54, 1.807) is 0 Å². The van der Waals surface area contributed by atoms with Crippen molar-refractivity contribution in [3.63, 3.8) is 0 Å². The highest BCUT2D eigenvalue weighted by Gasteiger charge is 1.85. The van der Waals surface area contributed by atoms with Crippen LogP contribution >= 0.6 is 61.2 Å². The molecule has 0 aliphatic carbocycles. The zero-order valence-corrected chi connectivity index (χ0v) is 10.8. The van der Waals surface area contributed by atoms with Crippen molar-refractivity contribution in [1.82, 2.24) is 0 Å². The molecule has 0 spiro atoms. The first-order valence-electron chi connectivity index (χ1n) is 3.03. The Kier molecular flexibility index (Phi) is 27.4. The van der Waals surface area contributed by atoms with Gasteiger partial charge in [0.1, 0.15) is 0 Å². The molecule has 0 aliphatic rings. The van der Waals surface area contributed by atoms with E-state index in [-0.39, 0.29) is 49.6 Å². The van der Waals surface area contributed by atoms with E-state index in [0.717, 1.165) is 6.42 Å². The molecule has 0 bridgehead atoms. The van der Waals surface area contributed by atoms with Crippen LogP contribution in [0.5, 0.6) is 0 Å². The van der Waals surface area contributed by atoms with Gasteiger partial charge in [-0.2, -0.15) is 0 Å². The summed E-state index contributed by atoms with van der Waals surface area (Å²) in [4.78, 5) is 0. The van der Waals surface area contributed by atoms with Crippen LogP contribution in [-0.4, -0.2) is 5.88 Å². The summed E-state index contributed by atoms with van der Waals surface area (Å²) in [5.41, 5.74) is 1.31. The minimum Gasteiger partial charge on any atom is -0.147 e. The Morgan fingerprint density at radius 1 is 0.846 bits per heavy atom. The van der Waals surface area contributed by atoms with Gasteiger partial charge in [0.15, 0.2) is 0 Å². The second-order valence-electron chi connectivity index (χ2n) is 1.92. The zero-order chi connectivity index (χ0) is 6.53. The summed E-state index contributed by atoms with van der Waals surface area (Å²) in [6.45, 7) is 0. The number of rotatable bonds is 2. The number of alkyl halides is 1. The summed E-state index contributed by atoms with van der Waals surface area (Å²) in [5.74, 6) is 0.712. The molecule has 0 heterocycles. The predicted octanol–water partition coefficient (Wildman–Crippen LogP) is 4.16. The highest BCUT2D eigenvalue weighted by molar-refractivity contribution is 6.17. The van der Waals surface area contributed by atoms with Gasteiger partial charge < -0.3 is 0 Å². The molecule has 0 aromatic heterocycles. The number of hydrogen-bond donors (Lipinski definition) is 0. The molecule has 0 N–H and O–H groups in total. The van der Waals surface area contributed by atoms with E-state index >= 15 is 0 Å². The van der Waals surface area contributed by atoms with E-state index in [9.17, 15) is 0 Å². The molecule has 0 fully saturated rings. The predicted molar refractivity (Wildman–Crippen MR) is 69.9 cm³/mol. The molecule has 0 nitrogen and oxygen atoms in total. The quantitative estimate of drug-likeness (QED) is 0.716. The minimum absolute atomic E-state index is 0. The van der Waals surface area contributed by atoms with Crippen molar-refractivity contribution in [3.05, 3.63) is 35.9 Å². The maximum Gasteiger partial charge on any atom is 0.0263 e. The second kappa shape index (κ2) is 15.2. The van der Waals surface area contributed by atoms with Crippen LogP contribution in [0.4, 0.5) is 0 Å². The molecule has 1 aromatic carbocycles. The van der Waals surface area contributed by atoms with Gasteiger partial charge in [-0.05, 0) is 12.0 Å². The molecule has 1 aromatic rings. The van der Waals surface area contributed by atoms with Gasteiger partial charge in [-0.3, -0.25) is 0 Å². The van der Waals surface area contributed by atoms with Crippen molar-refractivity contribution in [3.8, 4) is 0 Å². The zero-order valence-electron chi connectivity index (χ0n) is 6.81. The Labute approximate surface area is 109 Å². The maximum atomic E-state index is 5.54. The smallest absolute Gasteiger partial charge is 0.0263 e. The maximum absolute atomic E-state index is 5.54. The average molecular weight is 286 g/mol. The SMILES string of the molecule is Cl.Cl.Cl.Cl.ClCCc1ccccc1. The molecule has 80 valence electrons. The van der Waals surface area contributed by atoms with Crippen LogP contribution in [0.15, 0.2) is 30.3 Å². The number of hydrogen-bond acceptors (Lipinski definition) is 0. The Morgan fingerprint density at radius 2 is 1.31 bits per heavy atom. The van der Waals surface area contributed by atoms with Gasteiger partial charge >= 0.3 is 0 Å². The van der Waals surface area contributed by atoms with E-state index in [2.05, 4.69) is 12.1 Å².